The van der Waals surface area contributed by atoms with Gasteiger partial charge in [0.15, 0.2) is 0 Å². The largest absolute Gasteiger partial charge is 0.0736 e. The van der Waals surface area contributed by atoms with Crippen LogP contribution in [0.15, 0.2) is 11.1 Å². The summed E-state index contributed by atoms with van der Waals surface area (Å²) < 4.78 is 0. The van der Waals surface area contributed by atoms with Gasteiger partial charge in [0.25, 0.3) is 0 Å². The Morgan fingerprint density at radius 3 is 2.27 bits per heavy atom. The molecule has 0 spiro atoms. The first-order valence-corrected chi connectivity index (χ1v) is 4.58. The molecule has 1 atom stereocenters. The monoisotopic (exact) mass is 152 g/mol. The third-order valence-corrected chi connectivity index (χ3v) is 3.01. The SMILES string of the molecule is CC1=C(C)C(C)CC(C)(C)C1. The summed E-state index contributed by atoms with van der Waals surface area (Å²) in [6, 6.07) is 0. The van der Waals surface area contributed by atoms with Gasteiger partial charge in [0, 0.05) is 0 Å². The molecule has 0 nitrogen and oxygen atoms in total. The van der Waals surface area contributed by atoms with Gasteiger partial charge in [0.1, 0.15) is 0 Å². The molecule has 1 rings (SSSR count). The predicted octanol–water partition coefficient (Wildman–Crippen LogP) is 3.78. The molecule has 0 amide bonds. The lowest BCUT2D eigenvalue weighted by Gasteiger charge is -2.35. The maximum atomic E-state index is 2.37. The van der Waals surface area contributed by atoms with E-state index in [0.29, 0.717) is 5.41 Å². The molecule has 1 aliphatic carbocycles. The molecular formula is C11H20. The van der Waals surface area contributed by atoms with Crippen molar-refractivity contribution in [1.82, 2.24) is 0 Å². The van der Waals surface area contributed by atoms with Crippen LogP contribution in [0.3, 0.4) is 0 Å². The minimum Gasteiger partial charge on any atom is -0.0736 e. The second kappa shape index (κ2) is 2.66. The van der Waals surface area contributed by atoms with E-state index in [4.69, 9.17) is 0 Å². The van der Waals surface area contributed by atoms with Gasteiger partial charge in [-0.1, -0.05) is 31.9 Å². The molecule has 0 fully saturated rings. The van der Waals surface area contributed by atoms with E-state index in [1.165, 1.54) is 12.8 Å². The average Bonchev–Trinajstić information content (AvgIpc) is 1.81. The van der Waals surface area contributed by atoms with E-state index in [1.54, 1.807) is 11.1 Å². The van der Waals surface area contributed by atoms with Crippen LogP contribution in [0.25, 0.3) is 0 Å². The van der Waals surface area contributed by atoms with E-state index in [2.05, 4.69) is 34.6 Å². The molecule has 0 aliphatic heterocycles. The highest BCUT2D eigenvalue weighted by molar-refractivity contribution is 5.18. The van der Waals surface area contributed by atoms with E-state index in [-0.39, 0.29) is 0 Å². The zero-order chi connectivity index (χ0) is 8.65. The van der Waals surface area contributed by atoms with Crippen molar-refractivity contribution in [2.24, 2.45) is 11.3 Å². The van der Waals surface area contributed by atoms with Gasteiger partial charge in [0.2, 0.25) is 0 Å². The highest BCUT2D eigenvalue weighted by Crippen LogP contribution is 2.41. The normalized spacial score (nSPS) is 30.8. The Labute approximate surface area is 70.7 Å². The van der Waals surface area contributed by atoms with E-state index in [0.717, 1.165) is 5.92 Å². The summed E-state index contributed by atoms with van der Waals surface area (Å²) in [4.78, 5) is 0. The molecule has 0 aromatic heterocycles. The van der Waals surface area contributed by atoms with Gasteiger partial charge in [-0.15, -0.1) is 0 Å². The summed E-state index contributed by atoms with van der Waals surface area (Å²) in [5, 5.41) is 0. The van der Waals surface area contributed by atoms with E-state index < -0.39 is 0 Å². The fourth-order valence-electron chi connectivity index (χ4n) is 2.33. The van der Waals surface area contributed by atoms with Gasteiger partial charge in [0.05, 0.1) is 0 Å². The summed E-state index contributed by atoms with van der Waals surface area (Å²) in [5.41, 5.74) is 3.79. The summed E-state index contributed by atoms with van der Waals surface area (Å²) in [7, 11) is 0. The fraction of sp³-hybridized carbons (Fsp3) is 0.818. The number of hydrogen-bond acceptors (Lipinski definition) is 0. The zero-order valence-electron chi connectivity index (χ0n) is 8.49. The number of allylic oxidation sites excluding steroid dienone is 2. The lowest BCUT2D eigenvalue weighted by Crippen LogP contribution is -2.22. The highest BCUT2D eigenvalue weighted by Gasteiger charge is 2.27. The molecule has 0 aromatic rings. The van der Waals surface area contributed by atoms with E-state index >= 15 is 0 Å². The Hall–Kier alpha value is -0.260. The first kappa shape index (κ1) is 8.83. The van der Waals surface area contributed by atoms with Crippen LogP contribution < -0.4 is 0 Å². The molecule has 0 heterocycles. The summed E-state index contributed by atoms with van der Waals surface area (Å²) in [5.74, 6) is 0.804. The van der Waals surface area contributed by atoms with Crippen molar-refractivity contribution in [3.8, 4) is 0 Å². The van der Waals surface area contributed by atoms with Crippen LogP contribution in [-0.4, -0.2) is 0 Å². The van der Waals surface area contributed by atoms with Crippen molar-refractivity contribution in [3.05, 3.63) is 11.1 Å². The van der Waals surface area contributed by atoms with Crippen molar-refractivity contribution in [2.75, 3.05) is 0 Å². The van der Waals surface area contributed by atoms with Crippen LogP contribution in [0, 0.1) is 11.3 Å². The van der Waals surface area contributed by atoms with E-state index in [1.807, 2.05) is 0 Å². The number of rotatable bonds is 0. The minimum absolute atomic E-state index is 0.545. The molecule has 11 heavy (non-hydrogen) atoms. The Bertz CT molecular complexity index is 184. The van der Waals surface area contributed by atoms with Crippen LogP contribution in [0.2, 0.25) is 0 Å². The topological polar surface area (TPSA) is 0 Å². The number of hydrogen-bond donors (Lipinski definition) is 0. The molecule has 0 aromatic carbocycles. The van der Waals surface area contributed by atoms with Gasteiger partial charge in [-0.2, -0.15) is 0 Å². The minimum atomic E-state index is 0.545. The average molecular weight is 152 g/mol. The standard InChI is InChI=1S/C11H20/c1-8-6-11(4,5)7-9(2)10(8)3/h8H,6-7H2,1-5H3. The smallest absolute Gasteiger partial charge is 0.0227 e. The Morgan fingerprint density at radius 2 is 1.82 bits per heavy atom. The first-order valence-electron chi connectivity index (χ1n) is 4.58. The maximum absolute atomic E-state index is 2.37. The van der Waals surface area contributed by atoms with Crippen molar-refractivity contribution in [3.63, 3.8) is 0 Å². The van der Waals surface area contributed by atoms with Crippen molar-refractivity contribution in [1.29, 1.82) is 0 Å². The van der Waals surface area contributed by atoms with Crippen LogP contribution in [-0.2, 0) is 0 Å². The Balaban J connectivity index is 2.85. The predicted molar refractivity (Wildman–Crippen MR) is 50.6 cm³/mol. The third-order valence-electron chi connectivity index (χ3n) is 3.01. The summed E-state index contributed by atoms with van der Waals surface area (Å²) in [6.45, 7) is 11.7. The summed E-state index contributed by atoms with van der Waals surface area (Å²) >= 11 is 0. The molecule has 0 radical (unpaired) electrons. The molecule has 0 heteroatoms. The molecular weight excluding hydrogens is 132 g/mol. The first-order chi connectivity index (χ1) is 4.92. The molecule has 0 bridgehead atoms. The van der Waals surface area contributed by atoms with Gasteiger partial charge in [-0.25, -0.2) is 0 Å². The highest BCUT2D eigenvalue weighted by atomic mass is 14.3. The molecule has 0 N–H and O–H groups in total. The lowest BCUT2D eigenvalue weighted by atomic mass is 9.70. The Kier molecular flexibility index (Phi) is 2.13. The van der Waals surface area contributed by atoms with Gasteiger partial charge >= 0.3 is 0 Å². The van der Waals surface area contributed by atoms with E-state index in [9.17, 15) is 0 Å². The van der Waals surface area contributed by atoms with Gasteiger partial charge in [-0.05, 0) is 38.0 Å². The summed E-state index contributed by atoms with van der Waals surface area (Å²) in [6.07, 6.45) is 2.65. The zero-order valence-corrected chi connectivity index (χ0v) is 8.49. The molecule has 1 unspecified atom stereocenters. The van der Waals surface area contributed by atoms with Gasteiger partial charge < -0.3 is 0 Å². The van der Waals surface area contributed by atoms with Crippen molar-refractivity contribution >= 4 is 0 Å². The Morgan fingerprint density at radius 1 is 1.27 bits per heavy atom. The van der Waals surface area contributed by atoms with Crippen LogP contribution in [0.4, 0.5) is 0 Å². The molecule has 64 valence electrons. The van der Waals surface area contributed by atoms with Crippen LogP contribution in [0.5, 0.6) is 0 Å². The van der Waals surface area contributed by atoms with Crippen molar-refractivity contribution in [2.45, 2.75) is 47.5 Å². The fourth-order valence-corrected chi connectivity index (χ4v) is 2.33. The quantitative estimate of drug-likeness (QED) is 0.463. The third kappa shape index (κ3) is 1.85. The lowest BCUT2D eigenvalue weighted by molar-refractivity contribution is 0.270. The van der Waals surface area contributed by atoms with Crippen LogP contribution in [0.1, 0.15) is 47.5 Å². The van der Waals surface area contributed by atoms with Crippen LogP contribution >= 0.6 is 0 Å². The second-order valence-electron chi connectivity index (χ2n) is 4.91. The molecule has 0 saturated carbocycles. The molecule has 0 saturated heterocycles. The molecule has 1 aliphatic rings. The van der Waals surface area contributed by atoms with Crippen molar-refractivity contribution < 1.29 is 0 Å². The second-order valence-corrected chi connectivity index (χ2v) is 4.91. The van der Waals surface area contributed by atoms with Gasteiger partial charge in [-0.3, -0.25) is 0 Å². The maximum Gasteiger partial charge on any atom is -0.0227 e.